The normalized spacial score (nSPS) is 15.3. The smallest absolute Gasteiger partial charge is 0.225 e. The van der Waals surface area contributed by atoms with Crippen molar-refractivity contribution in [2.24, 2.45) is 0 Å². The largest absolute Gasteiger partial charge is 0.356 e. The second kappa shape index (κ2) is 7.64. The second-order valence-corrected chi connectivity index (χ2v) is 6.44. The average molecular weight is 331 g/mol. The van der Waals surface area contributed by atoms with E-state index in [2.05, 4.69) is 21.3 Å². The summed E-state index contributed by atoms with van der Waals surface area (Å²) in [5, 5.41) is 4.07. The zero-order chi connectivity index (χ0) is 16.1. The van der Waals surface area contributed by atoms with Gasteiger partial charge in [0.25, 0.3) is 0 Å². The Bertz CT molecular complexity index is 651. The van der Waals surface area contributed by atoms with Gasteiger partial charge in [-0.25, -0.2) is 4.98 Å². The van der Waals surface area contributed by atoms with Crippen molar-refractivity contribution in [1.82, 2.24) is 9.97 Å². The summed E-state index contributed by atoms with van der Waals surface area (Å²) in [7, 11) is 0. The van der Waals surface area contributed by atoms with E-state index in [-0.39, 0.29) is 0 Å². The van der Waals surface area contributed by atoms with Gasteiger partial charge in [-0.2, -0.15) is 4.98 Å². The number of nitrogens with one attached hydrogen (secondary N) is 1. The first-order valence-electron chi connectivity index (χ1n) is 8.30. The minimum Gasteiger partial charge on any atom is -0.356 e. The maximum absolute atomic E-state index is 6.20. The summed E-state index contributed by atoms with van der Waals surface area (Å²) in [6.45, 7) is 4.81. The van der Waals surface area contributed by atoms with Crippen LogP contribution in [0.15, 0.2) is 30.3 Å². The van der Waals surface area contributed by atoms with Gasteiger partial charge in [-0.05, 0) is 31.4 Å². The summed E-state index contributed by atoms with van der Waals surface area (Å²) in [5.41, 5.74) is 2.04. The Morgan fingerprint density at radius 1 is 1.09 bits per heavy atom. The highest BCUT2D eigenvalue weighted by Gasteiger charge is 2.13. The highest BCUT2D eigenvalue weighted by molar-refractivity contribution is 6.31. The summed E-state index contributed by atoms with van der Waals surface area (Å²) >= 11 is 6.20. The van der Waals surface area contributed by atoms with Crippen LogP contribution in [0.5, 0.6) is 0 Å². The molecular formula is C18H23ClN4. The molecule has 1 aliphatic rings. The van der Waals surface area contributed by atoms with E-state index in [1.165, 1.54) is 25.7 Å². The van der Waals surface area contributed by atoms with E-state index in [1.54, 1.807) is 0 Å². The molecule has 5 heteroatoms. The van der Waals surface area contributed by atoms with Gasteiger partial charge in [-0.15, -0.1) is 0 Å². The molecule has 4 nitrogen and oxygen atoms in total. The molecule has 0 radical (unpaired) electrons. The third kappa shape index (κ3) is 4.35. The molecule has 2 aromatic rings. The van der Waals surface area contributed by atoms with Crippen molar-refractivity contribution >= 4 is 23.4 Å². The van der Waals surface area contributed by atoms with Crippen molar-refractivity contribution in [3.8, 4) is 0 Å². The minimum absolute atomic E-state index is 0.628. The molecule has 0 unspecified atom stereocenters. The number of rotatable bonds is 4. The van der Waals surface area contributed by atoms with Crippen molar-refractivity contribution in [3.63, 3.8) is 0 Å². The van der Waals surface area contributed by atoms with Crippen LogP contribution in [0.4, 0.5) is 11.8 Å². The van der Waals surface area contributed by atoms with Crippen LogP contribution >= 0.6 is 11.6 Å². The topological polar surface area (TPSA) is 41.1 Å². The Kier molecular flexibility index (Phi) is 5.34. The first-order valence-corrected chi connectivity index (χ1v) is 8.68. The maximum atomic E-state index is 6.20. The van der Waals surface area contributed by atoms with E-state index in [0.717, 1.165) is 35.2 Å². The summed E-state index contributed by atoms with van der Waals surface area (Å²) in [6.07, 6.45) is 5.12. The molecule has 1 aromatic carbocycles. The van der Waals surface area contributed by atoms with Crippen molar-refractivity contribution in [3.05, 3.63) is 46.6 Å². The number of benzene rings is 1. The molecule has 0 amide bonds. The number of aromatic nitrogens is 2. The van der Waals surface area contributed by atoms with Crippen molar-refractivity contribution in [1.29, 1.82) is 0 Å². The Hall–Kier alpha value is -1.81. The van der Waals surface area contributed by atoms with Gasteiger partial charge >= 0.3 is 0 Å². The average Bonchev–Trinajstić information content (AvgIpc) is 2.83. The Balaban J connectivity index is 1.73. The number of hydrogen-bond donors (Lipinski definition) is 1. The minimum atomic E-state index is 0.628. The standard InChI is InChI=1S/C18H23ClN4/c1-14-12-17(23-10-6-2-3-7-11-23)22-18(21-14)20-13-15-8-4-5-9-16(15)19/h4-5,8-9,12H,2-3,6-7,10-11,13H2,1H3,(H,20,21,22). The van der Waals surface area contributed by atoms with Gasteiger partial charge in [-0.1, -0.05) is 42.6 Å². The SMILES string of the molecule is Cc1cc(N2CCCCCC2)nc(NCc2ccccc2Cl)n1. The van der Waals surface area contributed by atoms with E-state index in [1.807, 2.05) is 31.2 Å². The van der Waals surface area contributed by atoms with E-state index in [9.17, 15) is 0 Å². The fourth-order valence-electron chi connectivity index (χ4n) is 2.91. The summed E-state index contributed by atoms with van der Waals surface area (Å²) in [4.78, 5) is 11.6. The van der Waals surface area contributed by atoms with Crippen LogP contribution in [0.3, 0.4) is 0 Å². The first-order chi connectivity index (χ1) is 11.2. The first kappa shape index (κ1) is 16.1. The molecule has 0 aliphatic carbocycles. The van der Waals surface area contributed by atoms with E-state index < -0.39 is 0 Å². The molecule has 2 heterocycles. The van der Waals surface area contributed by atoms with Crippen molar-refractivity contribution < 1.29 is 0 Å². The molecular weight excluding hydrogens is 308 g/mol. The van der Waals surface area contributed by atoms with Crippen LogP contribution in [0.1, 0.15) is 36.9 Å². The Morgan fingerprint density at radius 2 is 1.83 bits per heavy atom. The molecule has 1 aromatic heterocycles. The van der Waals surface area contributed by atoms with Crippen molar-refractivity contribution in [2.75, 3.05) is 23.3 Å². The lowest BCUT2D eigenvalue weighted by atomic mass is 10.2. The predicted octanol–water partition coefficient (Wildman–Crippen LogP) is 4.43. The molecule has 1 saturated heterocycles. The van der Waals surface area contributed by atoms with Crippen LogP contribution in [0.25, 0.3) is 0 Å². The lowest BCUT2D eigenvalue weighted by molar-refractivity contribution is 0.726. The van der Waals surface area contributed by atoms with Crippen LogP contribution in [-0.2, 0) is 6.54 Å². The quantitative estimate of drug-likeness (QED) is 0.900. The fraction of sp³-hybridized carbons (Fsp3) is 0.444. The molecule has 1 N–H and O–H groups in total. The van der Waals surface area contributed by atoms with E-state index in [0.29, 0.717) is 12.5 Å². The van der Waals surface area contributed by atoms with Crippen molar-refractivity contribution in [2.45, 2.75) is 39.2 Å². The highest BCUT2D eigenvalue weighted by atomic mass is 35.5. The Labute approximate surface area is 142 Å². The molecule has 0 saturated carbocycles. The second-order valence-electron chi connectivity index (χ2n) is 6.04. The maximum Gasteiger partial charge on any atom is 0.225 e. The third-order valence-electron chi connectivity index (χ3n) is 4.17. The molecule has 3 rings (SSSR count). The number of anilines is 2. The summed E-state index contributed by atoms with van der Waals surface area (Å²) in [5.74, 6) is 1.70. The zero-order valence-electron chi connectivity index (χ0n) is 13.6. The van der Waals surface area contributed by atoms with Gasteiger partial charge in [-0.3, -0.25) is 0 Å². The van der Waals surface area contributed by atoms with Gasteiger partial charge in [0.1, 0.15) is 5.82 Å². The van der Waals surface area contributed by atoms with Crippen LogP contribution in [0.2, 0.25) is 5.02 Å². The highest BCUT2D eigenvalue weighted by Crippen LogP contribution is 2.20. The third-order valence-corrected chi connectivity index (χ3v) is 4.53. The monoisotopic (exact) mass is 330 g/mol. The number of hydrogen-bond acceptors (Lipinski definition) is 4. The lowest BCUT2D eigenvalue weighted by Gasteiger charge is -2.22. The van der Waals surface area contributed by atoms with Gasteiger partial charge in [0.2, 0.25) is 5.95 Å². The molecule has 0 spiro atoms. The van der Waals surface area contributed by atoms with Crippen LogP contribution in [-0.4, -0.2) is 23.1 Å². The zero-order valence-corrected chi connectivity index (χ0v) is 14.3. The lowest BCUT2D eigenvalue weighted by Crippen LogP contribution is -2.25. The van der Waals surface area contributed by atoms with E-state index >= 15 is 0 Å². The molecule has 1 aliphatic heterocycles. The molecule has 0 atom stereocenters. The van der Waals surface area contributed by atoms with Gasteiger partial charge in [0.05, 0.1) is 0 Å². The van der Waals surface area contributed by atoms with Crippen LogP contribution in [0, 0.1) is 6.92 Å². The molecule has 23 heavy (non-hydrogen) atoms. The molecule has 1 fully saturated rings. The number of halogens is 1. The van der Waals surface area contributed by atoms with Crippen LogP contribution < -0.4 is 10.2 Å². The van der Waals surface area contributed by atoms with E-state index in [4.69, 9.17) is 16.6 Å². The summed E-state index contributed by atoms with van der Waals surface area (Å²) < 4.78 is 0. The Morgan fingerprint density at radius 3 is 2.57 bits per heavy atom. The number of nitrogens with zero attached hydrogens (tertiary/aromatic N) is 3. The van der Waals surface area contributed by atoms with Gasteiger partial charge in [0, 0.05) is 36.4 Å². The molecule has 0 bridgehead atoms. The van der Waals surface area contributed by atoms with Gasteiger partial charge in [0.15, 0.2) is 0 Å². The summed E-state index contributed by atoms with van der Waals surface area (Å²) in [6, 6.07) is 9.92. The fourth-order valence-corrected chi connectivity index (χ4v) is 3.11. The van der Waals surface area contributed by atoms with Gasteiger partial charge < -0.3 is 10.2 Å². The predicted molar refractivity (Wildman–Crippen MR) is 96.2 cm³/mol. The number of aryl methyl sites for hydroxylation is 1. The molecule has 122 valence electrons.